The van der Waals surface area contributed by atoms with Crippen LogP contribution in [0.5, 0.6) is 0 Å². The van der Waals surface area contributed by atoms with Crippen molar-refractivity contribution in [3.05, 3.63) is 58.7 Å². The smallest absolute Gasteiger partial charge is 0.166 e. The van der Waals surface area contributed by atoms with Crippen molar-refractivity contribution in [3.8, 4) is 11.1 Å². The Morgan fingerprint density at radius 1 is 0.667 bits per heavy atom. The number of benzene rings is 2. The first-order valence-electron chi connectivity index (χ1n) is 6.07. The fraction of sp³-hybridized carbons (Fsp3) is 0.200. The lowest BCUT2D eigenvalue weighted by Gasteiger charge is -2.17. The van der Waals surface area contributed by atoms with Gasteiger partial charge in [-0.1, -0.05) is 24.3 Å². The number of halogens is 6. The first-order chi connectivity index (χ1) is 9.68. The molecule has 0 spiro atoms. The van der Waals surface area contributed by atoms with Gasteiger partial charge in [-0.3, -0.25) is 0 Å². The maximum absolute atomic E-state index is 12.9. The van der Waals surface area contributed by atoms with Gasteiger partial charge in [-0.15, -0.1) is 0 Å². The lowest BCUT2D eigenvalue weighted by Crippen LogP contribution is -2.17. The van der Waals surface area contributed by atoms with Gasteiger partial charge in [-0.2, -0.15) is 26.3 Å². The van der Waals surface area contributed by atoms with Gasteiger partial charge >= 0.3 is 12.4 Å². The fourth-order valence-electron chi connectivity index (χ4n) is 2.65. The van der Waals surface area contributed by atoms with E-state index in [1.165, 1.54) is 0 Å². The Labute approximate surface area is 116 Å². The minimum atomic E-state index is -5.04. The van der Waals surface area contributed by atoms with E-state index in [0.717, 1.165) is 5.56 Å². The van der Waals surface area contributed by atoms with Gasteiger partial charge in [0.1, 0.15) is 0 Å². The van der Waals surface area contributed by atoms with Crippen LogP contribution in [0, 0.1) is 0 Å². The fourth-order valence-corrected chi connectivity index (χ4v) is 2.65. The average molecular weight is 302 g/mol. The van der Waals surface area contributed by atoms with Gasteiger partial charge in [-0.25, -0.2) is 0 Å². The molecule has 0 atom stereocenters. The molecule has 0 saturated heterocycles. The summed E-state index contributed by atoms with van der Waals surface area (Å²) in [4.78, 5) is 0. The van der Waals surface area contributed by atoms with E-state index in [1.54, 1.807) is 24.3 Å². The Morgan fingerprint density at radius 3 is 1.86 bits per heavy atom. The maximum Gasteiger partial charge on any atom is 0.417 e. The molecule has 0 aromatic heterocycles. The van der Waals surface area contributed by atoms with E-state index < -0.39 is 23.5 Å². The lowest BCUT2D eigenvalue weighted by molar-refractivity contribution is -0.162. The van der Waals surface area contributed by atoms with Crippen LogP contribution in [0.1, 0.15) is 22.3 Å². The van der Waals surface area contributed by atoms with E-state index in [2.05, 4.69) is 0 Å². The Bertz CT molecular complexity index is 709. The number of hydrogen-bond acceptors (Lipinski definition) is 0. The van der Waals surface area contributed by atoms with Crippen LogP contribution < -0.4 is 0 Å². The molecule has 0 nitrogen and oxygen atoms in total. The van der Waals surface area contributed by atoms with Gasteiger partial charge in [0.15, 0.2) is 0 Å². The van der Waals surface area contributed by atoms with Crippen molar-refractivity contribution in [1.29, 1.82) is 0 Å². The molecule has 21 heavy (non-hydrogen) atoms. The van der Waals surface area contributed by atoms with Gasteiger partial charge in [0.2, 0.25) is 0 Å². The second-order valence-corrected chi connectivity index (χ2v) is 4.88. The summed E-state index contributed by atoms with van der Waals surface area (Å²) >= 11 is 0. The summed E-state index contributed by atoms with van der Waals surface area (Å²) in [5.41, 5.74) is -1.46. The summed E-state index contributed by atoms with van der Waals surface area (Å²) in [5, 5.41) is 0. The summed E-state index contributed by atoms with van der Waals surface area (Å²) in [5.74, 6) is 0. The standard InChI is InChI=1S/C15H8F6/c16-14(17,18)12-6-9-5-8-3-1-2-4-10(8)11(9)7-13(12)15(19,20)21/h1-4,6-7H,5H2. The van der Waals surface area contributed by atoms with Crippen molar-refractivity contribution >= 4 is 0 Å². The van der Waals surface area contributed by atoms with Crippen molar-refractivity contribution in [2.75, 3.05) is 0 Å². The molecular weight excluding hydrogens is 294 g/mol. The van der Waals surface area contributed by atoms with E-state index in [4.69, 9.17) is 0 Å². The molecule has 0 saturated carbocycles. The molecule has 6 heteroatoms. The zero-order chi connectivity index (χ0) is 15.4. The highest BCUT2D eigenvalue weighted by Crippen LogP contribution is 2.46. The van der Waals surface area contributed by atoms with Crippen LogP contribution in [0.4, 0.5) is 26.3 Å². The third kappa shape index (κ3) is 2.28. The Balaban J connectivity index is 2.27. The molecule has 0 fully saturated rings. The van der Waals surface area contributed by atoms with E-state index >= 15 is 0 Å². The van der Waals surface area contributed by atoms with E-state index in [9.17, 15) is 26.3 Å². The monoisotopic (exact) mass is 302 g/mol. The van der Waals surface area contributed by atoms with Gasteiger partial charge < -0.3 is 0 Å². The molecule has 1 aliphatic carbocycles. The van der Waals surface area contributed by atoms with Gasteiger partial charge in [-0.05, 0) is 40.8 Å². The summed E-state index contributed by atoms with van der Waals surface area (Å²) in [6, 6.07) is 7.92. The van der Waals surface area contributed by atoms with Crippen LogP contribution in [-0.4, -0.2) is 0 Å². The van der Waals surface area contributed by atoms with Crippen molar-refractivity contribution < 1.29 is 26.3 Å². The first-order valence-corrected chi connectivity index (χ1v) is 6.07. The zero-order valence-corrected chi connectivity index (χ0v) is 10.4. The molecular formula is C15H8F6. The number of hydrogen-bond donors (Lipinski definition) is 0. The van der Waals surface area contributed by atoms with E-state index in [1.807, 2.05) is 0 Å². The topological polar surface area (TPSA) is 0 Å². The Kier molecular flexibility index (Phi) is 2.83. The molecule has 0 N–H and O–H groups in total. The highest BCUT2D eigenvalue weighted by atomic mass is 19.4. The minimum Gasteiger partial charge on any atom is -0.166 e. The predicted octanol–water partition coefficient (Wildman–Crippen LogP) is 5.30. The number of rotatable bonds is 0. The third-order valence-electron chi connectivity index (χ3n) is 3.54. The predicted molar refractivity (Wildman–Crippen MR) is 64.7 cm³/mol. The van der Waals surface area contributed by atoms with Crippen LogP contribution in [0.2, 0.25) is 0 Å². The maximum atomic E-state index is 12.9. The number of fused-ring (bicyclic) bond motifs is 3. The van der Waals surface area contributed by atoms with Gasteiger partial charge in [0.25, 0.3) is 0 Å². The molecule has 0 bridgehead atoms. The first kappa shape index (κ1) is 14.0. The summed E-state index contributed by atoms with van der Waals surface area (Å²) < 4.78 is 77.4. The molecule has 110 valence electrons. The summed E-state index contributed by atoms with van der Waals surface area (Å²) in [6.07, 6.45) is -9.86. The third-order valence-corrected chi connectivity index (χ3v) is 3.54. The molecule has 0 unspecified atom stereocenters. The quantitative estimate of drug-likeness (QED) is 0.495. The lowest BCUT2D eigenvalue weighted by atomic mass is 9.97. The molecule has 0 aliphatic heterocycles. The molecule has 2 aromatic carbocycles. The van der Waals surface area contributed by atoms with Crippen LogP contribution in [-0.2, 0) is 18.8 Å². The normalized spacial score (nSPS) is 14.0. The van der Waals surface area contributed by atoms with Crippen LogP contribution in [0.15, 0.2) is 36.4 Å². The molecule has 1 aliphatic rings. The average Bonchev–Trinajstić information content (AvgIpc) is 2.73. The molecule has 2 aromatic rings. The summed E-state index contributed by atoms with van der Waals surface area (Å²) in [6.45, 7) is 0. The summed E-state index contributed by atoms with van der Waals surface area (Å²) in [7, 11) is 0. The number of alkyl halides is 6. The zero-order valence-electron chi connectivity index (χ0n) is 10.4. The van der Waals surface area contributed by atoms with Crippen molar-refractivity contribution in [1.82, 2.24) is 0 Å². The van der Waals surface area contributed by atoms with Crippen LogP contribution in [0.3, 0.4) is 0 Å². The Hall–Kier alpha value is -1.98. The van der Waals surface area contributed by atoms with E-state index in [-0.39, 0.29) is 17.5 Å². The van der Waals surface area contributed by atoms with Gasteiger partial charge in [0.05, 0.1) is 11.1 Å². The Morgan fingerprint density at radius 2 is 1.24 bits per heavy atom. The van der Waals surface area contributed by atoms with Crippen molar-refractivity contribution in [3.63, 3.8) is 0 Å². The largest absolute Gasteiger partial charge is 0.417 e. The second kappa shape index (κ2) is 4.26. The minimum absolute atomic E-state index is 0.215. The van der Waals surface area contributed by atoms with Crippen LogP contribution >= 0.6 is 0 Å². The van der Waals surface area contributed by atoms with Gasteiger partial charge in [0, 0.05) is 0 Å². The second-order valence-electron chi connectivity index (χ2n) is 4.88. The molecule has 0 amide bonds. The molecule has 3 rings (SSSR count). The molecule has 0 heterocycles. The van der Waals surface area contributed by atoms with E-state index in [0.29, 0.717) is 17.7 Å². The van der Waals surface area contributed by atoms with Crippen molar-refractivity contribution in [2.24, 2.45) is 0 Å². The highest BCUT2D eigenvalue weighted by molar-refractivity contribution is 5.78. The highest BCUT2D eigenvalue weighted by Gasteiger charge is 2.44. The van der Waals surface area contributed by atoms with Crippen molar-refractivity contribution in [2.45, 2.75) is 18.8 Å². The van der Waals surface area contributed by atoms with Crippen LogP contribution in [0.25, 0.3) is 11.1 Å². The SMILES string of the molecule is FC(F)(F)c1cc2c(cc1C(F)(F)F)-c1ccccc1C2. The molecule has 0 radical (unpaired) electrons.